The van der Waals surface area contributed by atoms with E-state index in [0.717, 1.165) is 38.9 Å². The van der Waals surface area contributed by atoms with Gasteiger partial charge in [-0.2, -0.15) is 0 Å². The molecule has 0 saturated carbocycles. The van der Waals surface area contributed by atoms with Crippen LogP contribution in [0.5, 0.6) is 0 Å². The quantitative estimate of drug-likeness (QED) is 0.778. The van der Waals surface area contributed by atoms with Gasteiger partial charge in [0.15, 0.2) is 0 Å². The number of piperidine rings is 1. The predicted molar refractivity (Wildman–Crippen MR) is 86.0 cm³/mol. The summed E-state index contributed by atoms with van der Waals surface area (Å²) in [5.41, 5.74) is 7.38. The SMILES string of the molecule is CC1CCN(CC(=O)NCCCc2ccccc2)CC1N. The Morgan fingerprint density at radius 3 is 2.86 bits per heavy atom. The third kappa shape index (κ3) is 5.48. The van der Waals surface area contributed by atoms with Crippen LogP contribution < -0.4 is 11.1 Å². The molecule has 2 atom stereocenters. The highest BCUT2D eigenvalue weighted by Crippen LogP contribution is 2.14. The van der Waals surface area contributed by atoms with Crippen molar-refractivity contribution in [1.29, 1.82) is 0 Å². The summed E-state index contributed by atoms with van der Waals surface area (Å²) in [7, 11) is 0. The van der Waals surface area contributed by atoms with Crippen molar-refractivity contribution in [2.45, 2.75) is 32.2 Å². The third-order valence-corrected chi connectivity index (χ3v) is 4.28. The summed E-state index contributed by atoms with van der Waals surface area (Å²) in [4.78, 5) is 14.1. The number of rotatable bonds is 6. The Bertz CT molecular complexity index is 435. The molecule has 1 aromatic carbocycles. The lowest BCUT2D eigenvalue weighted by molar-refractivity contribution is -0.122. The van der Waals surface area contributed by atoms with Crippen molar-refractivity contribution in [2.24, 2.45) is 11.7 Å². The van der Waals surface area contributed by atoms with E-state index < -0.39 is 0 Å². The standard InChI is InChI=1S/C17H27N3O/c1-14-9-11-20(12-16(14)18)13-17(21)19-10-5-8-15-6-3-2-4-7-15/h2-4,6-7,14,16H,5,8-13,18H2,1H3,(H,19,21). The molecule has 2 unspecified atom stereocenters. The topological polar surface area (TPSA) is 58.4 Å². The van der Waals surface area contributed by atoms with Gasteiger partial charge in [-0.25, -0.2) is 0 Å². The second kappa shape index (κ2) is 8.15. The van der Waals surface area contributed by atoms with Crippen LogP contribution in [0, 0.1) is 5.92 Å². The number of hydrogen-bond acceptors (Lipinski definition) is 3. The molecule has 0 aliphatic carbocycles. The zero-order chi connectivity index (χ0) is 15.1. The van der Waals surface area contributed by atoms with Crippen molar-refractivity contribution in [3.63, 3.8) is 0 Å². The minimum Gasteiger partial charge on any atom is -0.355 e. The predicted octanol–water partition coefficient (Wildman–Crippen LogP) is 1.40. The van der Waals surface area contributed by atoms with Gasteiger partial charge in [0, 0.05) is 19.1 Å². The van der Waals surface area contributed by atoms with Gasteiger partial charge in [0.05, 0.1) is 6.54 Å². The van der Waals surface area contributed by atoms with Crippen LogP contribution in [0.15, 0.2) is 30.3 Å². The molecule has 0 spiro atoms. The van der Waals surface area contributed by atoms with Gasteiger partial charge < -0.3 is 11.1 Å². The third-order valence-electron chi connectivity index (χ3n) is 4.28. The lowest BCUT2D eigenvalue weighted by Gasteiger charge is -2.34. The average Bonchev–Trinajstić information content (AvgIpc) is 2.49. The molecule has 1 aromatic rings. The average molecular weight is 289 g/mol. The fraction of sp³-hybridized carbons (Fsp3) is 0.588. The van der Waals surface area contributed by atoms with Gasteiger partial charge in [-0.15, -0.1) is 0 Å². The Morgan fingerprint density at radius 2 is 2.14 bits per heavy atom. The fourth-order valence-electron chi connectivity index (χ4n) is 2.74. The summed E-state index contributed by atoms with van der Waals surface area (Å²) in [6.45, 7) is 5.21. The van der Waals surface area contributed by atoms with E-state index in [0.29, 0.717) is 12.5 Å². The summed E-state index contributed by atoms with van der Waals surface area (Å²) in [5.74, 6) is 0.681. The van der Waals surface area contributed by atoms with Crippen LogP contribution in [0.25, 0.3) is 0 Å². The number of carbonyl (C=O) groups is 1. The van der Waals surface area contributed by atoms with Crippen LogP contribution in [-0.4, -0.2) is 43.0 Å². The summed E-state index contributed by atoms with van der Waals surface area (Å²) in [5, 5.41) is 3.00. The molecule has 1 aliphatic heterocycles. The van der Waals surface area contributed by atoms with Crippen molar-refractivity contribution in [2.75, 3.05) is 26.2 Å². The lowest BCUT2D eigenvalue weighted by Crippen LogP contribution is -2.50. The first kappa shape index (κ1) is 16.0. The Kier molecular flexibility index (Phi) is 6.21. The van der Waals surface area contributed by atoms with E-state index in [2.05, 4.69) is 41.4 Å². The van der Waals surface area contributed by atoms with E-state index in [1.165, 1.54) is 5.56 Å². The van der Waals surface area contributed by atoms with Gasteiger partial charge >= 0.3 is 0 Å². The Morgan fingerprint density at radius 1 is 1.38 bits per heavy atom. The first-order chi connectivity index (χ1) is 10.1. The molecule has 4 nitrogen and oxygen atoms in total. The highest BCUT2D eigenvalue weighted by atomic mass is 16.2. The second-order valence-electron chi connectivity index (χ2n) is 6.10. The minimum atomic E-state index is 0.116. The molecule has 4 heteroatoms. The lowest BCUT2D eigenvalue weighted by atomic mass is 9.94. The van der Waals surface area contributed by atoms with E-state index in [-0.39, 0.29) is 11.9 Å². The van der Waals surface area contributed by atoms with E-state index in [1.807, 2.05) is 6.07 Å². The number of likely N-dealkylation sites (tertiary alicyclic amines) is 1. The molecule has 116 valence electrons. The van der Waals surface area contributed by atoms with Crippen LogP contribution in [0.2, 0.25) is 0 Å². The van der Waals surface area contributed by atoms with E-state index in [1.54, 1.807) is 0 Å². The maximum atomic E-state index is 11.9. The second-order valence-corrected chi connectivity index (χ2v) is 6.10. The van der Waals surface area contributed by atoms with Crippen LogP contribution in [0.4, 0.5) is 0 Å². The Hall–Kier alpha value is -1.39. The number of nitrogens with two attached hydrogens (primary N) is 1. The molecular weight excluding hydrogens is 262 g/mol. The van der Waals surface area contributed by atoms with E-state index in [9.17, 15) is 4.79 Å². The first-order valence-corrected chi connectivity index (χ1v) is 7.93. The monoisotopic (exact) mass is 289 g/mol. The molecule has 1 fully saturated rings. The van der Waals surface area contributed by atoms with Gasteiger partial charge in [0.2, 0.25) is 5.91 Å². The largest absolute Gasteiger partial charge is 0.355 e. The number of nitrogens with one attached hydrogen (secondary N) is 1. The summed E-state index contributed by atoms with van der Waals surface area (Å²) in [6, 6.07) is 10.6. The maximum absolute atomic E-state index is 11.9. The fourth-order valence-corrected chi connectivity index (χ4v) is 2.74. The maximum Gasteiger partial charge on any atom is 0.234 e. The van der Waals surface area contributed by atoms with Crippen LogP contribution >= 0.6 is 0 Å². The summed E-state index contributed by atoms with van der Waals surface area (Å²) < 4.78 is 0. The number of carbonyl (C=O) groups excluding carboxylic acids is 1. The van der Waals surface area contributed by atoms with Crippen molar-refractivity contribution < 1.29 is 4.79 Å². The molecule has 3 N–H and O–H groups in total. The number of amides is 1. The normalized spacial score (nSPS) is 23.0. The van der Waals surface area contributed by atoms with Crippen molar-refractivity contribution in [3.05, 3.63) is 35.9 Å². The van der Waals surface area contributed by atoms with E-state index >= 15 is 0 Å². The van der Waals surface area contributed by atoms with E-state index in [4.69, 9.17) is 5.73 Å². The molecular formula is C17H27N3O. The Labute approximate surface area is 127 Å². The molecule has 1 aliphatic rings. The zero-order valence-corrected chi connectivity index (χ0v) is 12.9. The molecule has 0 radical (unpaired) electrons. The van der Waals surface area contributed by atoms with Crippen molar-refractivity contribution in [3.8, 4) is 0 Å². The molecule has 2 rings (SSSR count). The number of aryl methyl sites for hydroxylation is 1. The minimum absolute atomic E-state index is 0.116. The van der Waals surface area contributed by atoms with Crippen molar-refractivity contribution in [1.82, 2.24) is 10.2 Å². The molecule has 1 amide bonds. The first-order valence-electron chi connectivity index (χ1n) is 7.93. The Balaban J connectivity index is 1.59. The smallest absolute Gasteiger partial charge is 0.234 e. The van der Waals surface area contributed by atoms with Gasteiger partial charge in [0.1, 0.15) is 0 Å². The van der Waals surface area contributed by atoms with Gasteiger partial charge in [0.25, 0.3) is 0 Å². The van der Waals surface area contributed by atoms with Crippen LogP contribution in [0.1, 0.15) is 25.3 Å². The molecule has 1 heterocycles. The van der Waals surface area contributed by atoms with Gasteiger partial charge in [-0.05, 0) is 37.3 Å². The highest BCUT2D eigenvalue weighted by Gasteiger charge is 2.24. The molecule has 1 saturated heterocycles. The number of benzene rings is 1. The number of nitrogens with zero attached hydrogens (tertiary/aromatic N) is 1. The van der Waals surface area contributed by atoms with Crippen LogP contribution in [0.3, 0.4) is 0 Å². The van der Waals surface area contributed by atoms with Crippen LogP contribution in [-0.2, 0) is 11.2 Å². The highest BCUT2D eigenvalue weighted by molar-refractivity contribution is 5.78. The zero-order valence-electron chi connectivity index (χ0n) is 12.9. The van der Waals surface area contributed by atoms with Crippen molar-refractivity contribution >= 4 is 5.91 Å². The molecule has 0 bridgehead atoms. The van der Waals surface area contributed by atoms with Gasteiger partial charge in [-0.1, -0.05) is 37.3 Å². The summed E-state index contributed by atoms with van der Waals surface area (Å²) in [6.07, 6.45) is 3.07. The summed E-state index contributed by atoms with van der Waals surface area (Å²) >= 11 is 0. The molecule has 0 aromatic heterocycles. The number of hydrogen-bond donors (Lipinski definition) is 2. The molecule has 21 heavy (non-hydrogen) atoms. The van der Waals surface area contributed by atoms with Gasteiger partial charge in [-0.3, -0.25) is 9.69 Å².